The highest BCUT2D eigenvalue weighted by Crippen LogP contribution is 2.64. The molecule has 222 valence electrons. The number of halogens is 22. The van der Waals surface area contributed by atoms with Crippen LogP contribution in [-0.2, 0) is 4.79 Å². The molecule has 37 heavy (non-hydrogen) atoms. The highest BCUT2D eigenvalue weighted by molar-refractivity contribution is 5.62. The van der Waals surface area contributed by atoms with E-state index in [0.29, 0.717) is 0 Å². The van der Waals surface area contributed by atoms with Gasteiger partial charge in [0, 0.05) is 6.92 Å². The molecular formula is C13H4F22O2. The molecule has 0 unspecified atom stereocenters. The molecule has 0 aromatic carbocycles. The standard InChI is InChI=1S/C11F22.C2H4O2/c12-1(2(13)4(16,17)18)3(14,15)5(19,20)6(21,22)7(23,24)8(25,26)9(27,28)10(29,30)11(31,32)33;1-2(3)4/h;1H3,(H,3,4). The first-order chi connectivity index (χ1) is 15.5. The summed E-state index contributed by atoms with van der Waals surface area (Å²) in [5.41, 5.74) is 0. The van der Waals surface area contributed by atoms with E-state index in [-0.39, 0.29) is 0 Å². The number of hydrogen-bond acceptors (Lipinski definition) is 1. The SMILES string of the molecule is CC(=O)O.FC(=C(F)C(F)(F)C(F)(F)C(F)(F)C(F)(F)C(F)(F)C(F)(F)C(F)(F)C(F)(F)F)C(F)(F)F. The van der Waals surface area contributed by atoms with Crippen molar-refractivity contribution in [2.45, 2.75) is 60.7 Å². The first-order valence-electron chi connectivity index (χ1n) is 7.59. The smallest absolute Gasteiger partial charge is 0.460 e. The second-order valence-corrected chi connectivity index (χ2v) is 6.16. The highest BCUT2D eigenvalue weighted by Gasteiger charge is 2.95. The van der Waals surface area contributed by atoms with Gasteiger partial charge in [-0.2, -0.15) is 92.2 Å². The Bertz CT molecular complexity index is 855. The van der Waals surface area contributed by atoms with E-state index in [9.17, 15) is 96.6 Å². The molecule has 24 heteroatoms. The molecule has 0 saturated heterocycles. The van der Waals surface area contributed by atoms with E-state index in [4.69, 9.17) is 9.90 Å². The number of aliphatic carboxylic acids is 1. The van der Waals surface area contributed by atoms with Crippen LogP contribution in [0.5, 0.6) is 0 Å². The Hall–Kier alpha value is -2.33. The summed E-state index contributed by atoms with van der Waals surface area (Å²) in [4.78, 5) is 9.00. The maximum absolute atomic E-state index is 13.2. The van der Waals surface area contributed by atoms with Crippen molar-refractivity contribution in [2.75, 3.05) is 0 Å². The van der Waals surface area contributed by atoms with E-state index in [1.165, 1.54) is 0 Å². The van der Waals surface area contributed by atoms with Crippen LogP contribution in [0.15, 0.2) is 11.7 Å². The normalized spacial score (nSPS) is 16.1. The third-order valence-corrected chi connectivity index (χ3v) is 3.44. The summed E-state index contributed by atoms with van der Waals surface area (Å²) in [5, 5.41) is 7.42. The van der Waals surface area contributed by atoms with Crippen LogP contribution in [0.4, 0.5) is 96.6 Å². The molecule has 0 heterocycles. The Morgan fingerprint density at radius 2 is 0.676 bits per heavy atom. The van der Waals surface area contributed by atoms with Gasteiger partial charge in [-0.1, -0.05) is 0 Å². The van der Waals surface area contributed by atoms with Gasteiger partial charge in [0.2, 0.25) is 11.7 Å². The summed E-state index contributed by atoms with van der Waals surface area (Å²) in [6.07, 6.45) is -15.1. The summed E-state index contributed by atoms with van der Waals surface area (Å²) in [7, 11) is 0. The lowest BCUT2D eigenvalue weighted by Crippen LogP contribution is -2.74. The van der Waals surface area contributed by atoms with Gasteiger partial charge in [0.15, 0.2) is 0 Å². The molecule has 0 amide bonds. The second-order valence-electron chi connectivity index (χ2n) is 6.16. The van der Waals surface area contributed by atoms with Crippen molar-refractivity contribution >= 4 is 5.97 Å². The Morgan fingerprint density at radius 3 is 0.892 bits per heavy atom. The number of alkyl halides is 20. The maximum atomic E-state index is 13.2. The minimum absolute atomic E-state index is 0.833. The van der Waals surface area contributed by atoms with Crippen molar-refractivity contribution in [3.05, 3.63) is 11.7 Å². The molecule has 0 aliphatic heterocycles. The van der Waals surface area contributed by atoms with Crippen LogP contribution in [0.25, 0.3) is 0 Å². The number of carbonyl (C=O) groups is 1. The summed E-state index contributed by atoms with van der Waals surface area (Å²) in [6, 6.07) is 0. The van der Waals surface area contributed by atoms with Crippen molar-refractivity contribution in [1.82, 2.24) is 0 Å². The van der Waals surface area contributed by atoms with E-state index in [1.54, 1.807) is 0 Å². The third kappa shape index (κ3) is 5.74. The molecule has 0 radical (unpaired) electrons. The molecular weight excluding hydrogens is 606 g/mol. The first-order valence-corrected chi connectivity index (χ1v) is 7.59. The van der Waals surface area contributed by atoms with Gasteiger partial charge in [0.25, 0.3) is 5.97 Å². The molecule has 0 rings (SSSR count). The zero-order chi connectivity index (χ0) is 31.2. The van der Waals surface area contributed by atoms with Crippen LogP contribution in [0.1, 0.15) is 6.92 Å². The number of allylic oxidation sites excluding steroid dienone is 2. The van der Waals surface area contributed by atoms with Crippen LogP contribution in [0.3, 0.4) is 0 Å². The Kier molecular flexibility index (Phi) is 9.72. The van der Waals surface area contributed by atoms with Crippen molar-refractivity contribution < 1.29 is 106 Å². The van der Waals surface area contributed by atoms with Crippen LogP contribution < -0.4 is 0 Å². The van der Waals surface area contributed by atoms with Crippen LogP contribution >= 0.6 is 0 Å². The third-order valence-electron chi connectivity index (χ3n) is 3.44. The molecule has 0 spiro atoms. The van der Waals surface area contributed by atoms with Crippen LogP contribution in [-0.4, -0.2) is 64.9 Å². The summed E-state index contributed by atoms with van der Waals surface area (Å²) in [6.45, 7) is 1.08. The molecule has 0 aliphatic carbocycles. The largest absolute Gasteiger partial charge is 0.481 e. The number of carboxylic acids is 1. The van der Waals surface area contributed by atoms with Gasteiger partial charge in [0.05, 0.1) is 0 Å². The lowest BCUT2D eigenvalue weighted by molar-refractivity contribution is -0.460. The van der Waals surface area contributed by atoms with E-state index < -0.39 is 71.4 Å². The minimum atomic E-state index is -9.12. The molecule has 2 nitrogen and oxygen atoms in total. The average molecular weight is 610 g/mol. The zero-order valence-electron chi connectivity index (χ0n) is 16.2. The molecule has 0 bridgehead atoms. The number of rotatable bonds is 7. The van der Waals surface area contributed by atoms with Gasteiger partial charge >= 0.3 is 53.8 Å². The first kappa shape index (κ1) is 36.8. The van der Waals surface area contributed by atoms with Gasteiger partial charge in [0.1, 0.15) is 0 Å². The van der Waals surface area contributed by atoms with Gasteiger partial charge in [-0.25, -0.2) is 4.39 Å². The summed E-state index contributed by atoms with van der Waals surface area (Å²) >= 11 is 0. The quantitative estimate of drug-likeness (QED) is 0.299. The van der Waals surface area contributed by atoms with E-state index in [2.05, 4.69) is 0 Å². The van der Waals surface area contributed by atoms with E-state index >= 15 is 0 Å². The fourth-order valence-electron chi connectivity index (χ4n) is 1.56. The maximum Gasteiger partial charge on any atom is 0.460 e. The van der Waals surface area contributed by atoms with Gasteiger partial charge in [-0.3, -0.25) is 4.79 Å². The van der Waals surface area contributed by atoms with Crippen molar-refractivity contribution in [1.29, 1.82) is 0 Å². The van der Waals surface area contributed by atoms with Gasteiger partial charge in [-0.05, 0) is 0 Å². The Balaban J connectivity index is 0. The van der Waals surface area contributed by atoms with Crippen LogP contribution in [0, 0.1) is 0 Å². The Labute approximate surface area is 186 Å². The highest BCUT2D eigenvalue weighted by atomic mass is 19.4. The van der Waals surface area contributed by atoms with Gasteiger partial charge in [-0.15, -0.1) is 0 Å². The monoisotopic (exact) mass is 610 g/mol. The number of hydrogen-bond donors (Lipinski definition) is 1. The minimum Gasteiger partial charge on any atom is -0.481 e. The zero-order valence-corrected chi connectivity index (χ0v) is 16.2. The van der Waals surface area contributed by atoms with Crippen molar-refractivity contribution in [3.8, 4) is 0 Å². The topological polar surface area (TPSA) is 37.3 Å². The van der Waals surface area contributed by atoms with E-state index in [0.717, 1.165) is 6.92 Å². The second kappa shape index (κ2) is 9.76. The molecule has 0 saturated carbocycles. The van der Waals surface area contributed by atoms with E-state index in [1.807, 2.05) is 0 Å². The lowest BCUT2D eigenvalue weighted by atomic mass is 9.88. The fraction of sp³-hybridized carbons (Fsp3) is 0.769. The predicted octanol–water partition coefficient (Wildman–Crippen LogP) is 7.80. The fourth-order valence-corrected chi connectivity index (χ4v) is 1.56. The van der Waals surface area contributed by atoms with Crippen molar-refractivity contribution in [2.24, 2.45) is 0 Å². The molecule has 0 atom stereocenters. The average Bonchev–Trinajstić information content (AvgIpc) is 2.63. The molecule has 0 aliphatic rings. The van der Waals surface area contributed by atoms with Gasteiger partial charge < -0.3 is 5.11 Å². The Morgan fingerprint density at radius 1 is 0.459 bits per heavy atom. The predicted molar refractivity (Wildman–Crippen MR) is 69.3 cm³/mol. The molecule has 0 fully saturated rings. The molecule has 0 aromatic rings. The number of carboxylic acid groups (broad SMARTS) is 1. The molecule has 1 N–H and O–H groups in total. The van der Waals surface area contributed by atoms with Crippen LogP contribution in [0.2, 0.25) is 0 Å². The molecule has 0 aromatic heterocycles. The van der Waals surface area contributed by atoms with Crippen molar-refractivity contribution in [3.63, 3.8) is 0 Å². The lowest BCUT2D eigenvalue weighted by Gasteiger charge is -2.42. The summed E-state index contributed by atoms with van der Waals surface area (Å²) in [5.74, 6) is -72.8. The summed E-state index contributed by atoms with van der Waals surface area (Å²) < 4.78 is 278.